The van der Waals surface area contributed by atoms with Crippen molar-refractivity contribution in [1.29, 1.82) is 0 Å². The van der Waals surface area contributed by atoms with Crippen molar-refractivity contribution in [2.24, 2.45) is 0 Å². The number of halogens is 1. The Labute approximate surface area is 99.7 Å². The molecule has 0 radical (unpaired) electrons. The molecule has 2 rings (SSSR count). The molecule has 0 fully saturated rings. The van der Waals surface area contributed by atoms with Gasteiger partial charge in [0.15, 0.2) is 0 Å². The van der Waals surface area contributed by atoms with E-state index in [1.807, 2.05) is 18.2 Å². The topological polar surface area (TPSA) is 29.3 Å². The number of aromatic nitrogens is 1. The second kappa shape index (κ2) is 5.03. The van der Waals surface area contributed by atoms with Crippen molar-refractivity contribution in [3.8, 4) is 0 Å². The molecule has 0 aliphatic heterocycles. The van der Waals surface area contributed by atoms with Crippen LogP contribution in [0.5, 0.6) is 0 Å². The molecule has 0 aliphatic carbocycles. The molecule has 0 saturated heterocycles. The molecule has 16 heavy (non-hydrogen) atoms. The van der Waals surface area contributed by atoms with Crippen molar-refractivity contribution in [2.75, 3.05) is 11.4 Å². The van der Waals surface area contributed by atoms with Gasteiger partial charge in [-0.15, -0.1) is 0 Å². The molecule has 0 unspecified atom stereocenters. The summed E-state index contributed by atoms with van der Waals surface area (Å²) in [6.45, 7) is 3.83. The van der Waals surface area contributed by atoms with Crippen LogP contribution in [0.4, 0.5) is 5.69 Å². The van der Waals surface area contributed by atoms with Crippen LogP contribution in [0.1, 0.15) is 12.5 Å². The molecule has 0 spiro atoms. The molecule has 4 heteroatoms. The normalized spacial score (nSPS) is 10.4. The van der Waals surface area contributed by atoms with E-state index in [-0.39, 0.29) is 0 Å². The number of hydrogen-bond donors (Lipinski definition) is 0. The van der Waals surface area contributed by atoms with Crippen LogP contribution in [0.3, 0.4) is 0 Å². The van der Waals surface area contributed by atoms with Gasteiger partial charge in [-0.05, 0) is 25.1 Å². The van der Waals surface area contributed by atoms with Gasteiger partial charge in [-0.3, -0.25) is 0 Å². The lowest BCUT2D eigenvalue weighted by atomic mass is 10.2. The van der Waals surface area contributed by atoms with Crippen LogP contribution in [0.15, 0.2) is 41.3 Å². The maximum Gasteiger partial charge on any atom is 0.131 e. The van der Waals surface area contributed by atoms with Crippen molar-refractivity contribution in [3.05, 3.63) is 47.6 Å². The molecule has 84 valence electrons. The summed E-state index contributed by atoms with van der Waals surface area (Å²) in [5.41, 5.74) is 2.22. The summed E-state index contributed by atoms with van der Waals surface area (Å²) in [4.78, 5) is 6.18. The Balaban J connectivity index is 2.16. The van der Waals surface area contributed by atoms with E-state index < -0.39 is 0 Å². The predicted molar refractivity (Wildman–Crippen MR) is 64.7 cm³/mol. The number of nitrogens with zero attached hydrogens (tertiary/aromatic N) is 2. The molecule has 0 atom stereocenters. The van der Waals surface area contributed by atoms with Crippen molar-refractivity contribution in [1.82, 2.24) is 4.98 Å². The number of pyridine rings is 1. The van der Waals surface area contributed by atoms with Gasteiger partial charge in [-0.25, -0.2) is 4.98 Å². The van der Waals surface area contributed by atoms with Gasteiger partial charge in [0.05, 0.1) is 12.5 Å². The van der Waals surface area contributed by atoms with Crippen LogP contribution in [0.25, 0.3) is 0 Å². The summed E-state index contributed by atoms with van der Waals surface area (Å²) in [6.07, 6.45) is 5.16. The van der Waals surface area contributed by atoms with Gasteiger partial charge in [0, 0.05) is 30.5 Å². The first-order valence-corrected chi connectivity index (χ1v) is 5.55. The van der Waals surface area contributed by atoms with Gasteiger partial charge in [0.25, 0.3) is 0 Å². The Morgan fingerprint density at radius 2 is 2.31 bits per heavy atom. The van der Waals surface area contributed by atoms with E-state index in [4.69, 9.17) is 16.0 Å². The third-order valence-corrected chi connectivity index (χ3v) is 2.62. The van der Waals surface area contributed by atoms with E-state index in [0.29, 0.717) is 5.15 Å². The summed E-state index contributed by atoms with van der Waals surface area (Å²) < 4.78 is 5.05. The Morgan fingerprint density at radius 1 is 1.44 bits per heavy atom. The Morgan fingerprint density at radius 3 is 2.94 bits per heavy atom. The third kappa shape index (κ3) is 2.55. The van der Waals surface area contributed by atoms with Gasteiger partial charge in [0.2, 0.25) is 0 Å². The molecular weight excluding hydrogens is 224 g/mol. The highest BCUT2D eigenvalue weighted by atomic mass is 35.5. The largest absolute Gasteiger partial charge is 0.472 e. The first kappa shape index (κ1) is 11.0. The van der Waals surface area contributed by atoms with Gasteiger partial charge in [-0.1, -0.05) is 11.6 Å². The lowest BCUT2D eigenvalue weighted by Gasteiger charge is -2.22. The van der Waals surface area contributed by atoms with Crippen LogP contribution in [0.2, 0.25) is 5.15 Å². The minimum absolute atomic E-state index is 0.517. The highest BCUT2D eigenvalue weighted by molar-refractivity contribution is 6.29. The number of furan rings is 1. The molecule has 0 aliphatic rings. The Bertz CT molecular complexity index is 442. The minimum atomic E-state index is 0.517. The Kier molecular flexibility index (Phi) is 3.47. The highest BCUT2D eigenvalue weighted by Gasteiger charge is 2.06. The summed E-state index contributed by atoms with van der Waals surface area (Å²) in [5.74, 6) is 0. The van der Waals surface area contributed by atoms with Crippen LogP contribution in [-0.2, 0) is 6.54 Å². The quantitative estimate of drug-likeness (QED) is 0.763. The molecule has 0 N–H and O–H groups in total. The fourth-order valence-corrected chi connectivity index (χ4v) is 1.75. The molecule has 0 aromatic carbocycles. The monoisotopic (exact) mass is 236 g/mol. The fourth-order valence-electron chi connectivity index (χ4n) is 1.58. The van der Waals surface area contributed by atoms with E-state index in [1.165, 1.54) is 0 Å². The van der Waals surface area contributed by atoms with E-state index >= 15 is 0 Å². The fraction of sp³-hybridized carbons (Fsp3) is 0.250. The van der Waals surface area contributed by atoms with Crippen LogP contribution in [0, 0.1) is 0 Å². The second-order valence-corrected chi connectivity index (χ2v) is 3.87. The zero-order valence-corrected chi connectivity index (χ0v) is 9.81. The molecule has 0 amide bonds. The lowest BCUT2D eigenvalue weighted by Crippen LogP contribution is -2.21. The van der Waals surface area contributed by atoms with Crippen LogP contribution in [-0.4, -0.2) is 11.5 Å². The van der Waals surface area contributed by atoms with E-state index in [1.54, 1.807) is 18.7 Å². The number of hydrogen-bond acceptors (Lipinski definition) is 3. The van der Waals surface area contributed by atoms with Crippen LogP contribution < -0.4 is 4.90 Å². The average Bonchev–Trinajstić information content (AvgIpc) is 2.78. The smallest absolute Gasteiger partial charge is 0.131 e. The molecule has 2 heterocycles. The van der Waals surface area contributed by atoms with Gasteiger partial charge in [-0.2, -0.15) is 0 Å². The summed E-state index contributed by atoms with van der Waals surface area (Å²) in [5, 5.41) is 0.517. The maximum absolute atomic E-state index is 5.87. The minimum Gasteiger partial charge on any atom is -0.472 e. The van der Waals surface area contributed by atoms with Crippen molar-refractivity contribution in [3.63, 3.8) is 0 Å². The molecule has 0 bridgehead atoms. The number of rotatable bonds is 4. The highest BCUT2D eigenvalue weighted by Crippen LogP contribution is 2.19. The van der Waals surface area contributed by atoms with E-state index in [9.17, 15) is 0 Å². The Hall–Kier alpha value is -1.48. The second-order valence-electron chi connectivity index (χ2n) is 3.48. The first-order valence-electron chi connectivity index (χ1n) is 5.17. The molecule has 3 nitrogen and oxygen atoms in total. The summed E-state index contributed by atoms with van der Waals surface area (Å²) in [7, 11) is 0. The third-order valence-electron chi connectivity index (χ3n) is 2.41. The van der Waals surface area contributed by atoms with Crippen molar-refractivity contribution < 1.29 is 4.42 Å². The van der Waals surface area contributed by atoms with E-state index in [0.717, 1.165) is 24.3 Å². The molecule has 0 saturated carbocycles. The SMILES string of the molecule is CCN(Cc1ccoc1)c1ccnc(Cl)c1. The van der Waals surface area contributed by atoms with Gasteiger partial charge >= 0.3 is 0 Å². The predicted octanol–water partition coefficient (Wildman–Crippen LogP) is 3.35. The maximum atomic E-state index is 5.87. The molecular formula is C12H13ClN2O. The number of anilines is 1. The van der Waals surface area contributed by atoms with Crippen molar-refractivity contribution >= 4 is 17.3 Å². The van der Waals surface area contributed by atoms with Crippen LogP contribution >= 0.6 is 11.6 Å². The summed E-state index contributed by atoms with van der Waals surface area (Å²) in [6, 6.07) is 5.78. The average molecular weight is 237 g/mol. The molecule has 2 aromatic heterocycles. The van der Waals surface area contributed by atoms with Gasteiger partial charge in [0.1, 0.15) is 5.15 Å². The summed E-state index contributed by atoms with van der Waals surface area (Å²) >= 11 is 5.87. The zero-order chi connectivity index (χ0) is 11.4. The lowest BCUT2D eigenvalue weighted by molar-refractivity contribution is 0.563. The first-order chi connectivity index (χ1) is 7.79. The van der Waals surface area contributed by atoms with Gasteiger partial charge < -0.3 is 9.32 Å². The molecule has 2 aromatic rings. The van der Waals surface area contributed by atoms with Crippen molar-refractivity contribution in [2.45, 2.75) is 13.5 Å². The van der Waals surface area contributed by atoms with E-state index in [2.05, 4.69) is 16.8 Å². The zero-order valence-electron chi connectivity index (χ0n) is 9.06. The standard InChI is InChI=1S/C12H13ClN2O/c1-2-15(8-10-4-6-16-9-10)11-3-5-14-12(13)7-11/h3-7,9H,2,8H2,1H3.